The first-order valence-electron chi connectivity index (χ1n) is 8.77. The highest BCUT2D eigenvalue weighted by Crippen LogP contribution is 2.36. The van der Waals surface area contributed by atoms with Crippen LogP contribution < -0.4 is 0 Å². The summed E-state index contributed by atoms with van der Waals surface area (Å²) < 4.78 is 33.2. The van der Waals surface area contributed by atoms with Crippen LogP contribution in [0.5, 0.6) is 0 Å². The van der Waals surface area contributed by atoms with Crippen molar-refractivity contribution in [2.24, 2.45) is 5.92 Å². The highest BCUT2D eigenvalue weighted by Gasteiger charge is 2.36. The summed E-state index contributed by atoms with van der Waals surface area (Å²) in [5, 5.41) is 0. The average molecular weight is 337 g/mol. The van der Waals surface area contributed by atoms with Crippen molar-refractivity contribution in [1.82, 2.24) is 4.31 Å². The highest BCUT2D eigenvalue weighted by atomic mass is 32.2. The van der Waals surface area contributed by atoms with Crippen LogP contribution in [0.4, 0.5) is 0 Å². The highest BCUT2D eigenvalue weighted by molar-refractivity contribution is 7.89. The van der Waals surface area contributed by atoms with E-state index in [1.54, 1.807) is 4.31 Å². The second kappa shape index (κ2) is 7.32. The van der Waals surface area contributed by atoms with Crippen molar-refractivity contribution < 1.29 is 13.2 Å². The van der Waals surface area contributed by atoms with Crippen molar-refractivity contribution in [3.63, 3.8) is 0 Å². The van der Waals surface area contributed by atoms with E-state index >= 15 is 0 Å². The summed E-state index contributed by atoms with van der Waals surface area (Å²) in [5.41, 5.74) is 2.51. The predicted molar refractivity (Wildman–Crippen MR) is 91.8 cm³/mol. The Balaban J connectivity index is 1.82. The lowest BCUT2D eigenvalue weighted by Gasteiger charge is -2.37. The lowest BCUT2D eigenvalue weighted by atomic mass is 9.92. The maximum absolute atomic E-state index is 13.0. The van der Waals surface area contributed by atoms with Crippen LogP contribution in [0.15, 0.2) is 24.3 Å². The second-order valence-electron chi connectivity index (χ2n) is 6.70. The van der Waals surface area contributed by atoms with Crippen LogP contribution in [0.2, 0.25) is 0 Å². The summed E-state index contributed by atoms with van der Waals surface area (Å²) in [6.45, 7) is 4.14. The average Bonchev–Trinajstić information content (AvgIpc) is 2.55. The van der Waals surface area contributed by atoms with Gasteiger partial charge in [-0.3, -0.25) is 0 Å². The summed E-state index contributed by atoms with van der Waals surface area (Å²) in [4.78, 5) is 0. The van der Waals surface area contributed by atoms with Crippen LogP contribution in [0.25, 0.3) is 0 Å². The Labute approximate surface area is 139 Å². The predicted octanol–water partition coefficient (Wildman–Crippen LogP) is 3.14. The van der Waals surface area contributed by atoms with Crippen molar-refractivity contribution in [3.8, 4) is 0 Å². The van der Waals surface area contributed by atoms with Gasteiger partial charge in [0.05, 0.1) is 5.75 Å². The number of sulfonamides is 1. The third-order valence-corrected chi connectivity index (χ3v) is 7.11. The lowest BCUT2D eigenvalue weighted by molar-refractivity contribution is 0.0719. The molecule has 3 rings (SSSR count). The molecule has 0 aliphatic carbocycles. The molecule has 0 saturated carbocycles. The van der Waals surface area contributed by atoms with E-state index in [0.717, 1.165) is 32.1 Å². The summed E-state index contributed by atoms with van der Waals surface area (Å²) >= 11 is 0. The second-order valence-corrected chi connectivity index (χ2v) is 8.66. The van der Waals surface area contributed by atoms with E-state index in [9.17, 15) is 8.42 Å². The normalized spacial score (nSPS) is 23.6. The van der Waals surface area contributed by atoms with Crippen molar-refractivity contribution in [2.75, 3.05) is 25.5 Å². The molecule has 2 aliphatic rings. The van der Waals surface area contributed by atoms with Gasteiger partial charge in [0.25, 0.3) is 0 Å². The standard InChI is InChI=1S/C18H27NO3S/c1-2-5-18-17-7-4-3-6-16(17)8-11-19(18)23(20,21)14-15-9-12-22-13-10-15/h3-4,6-7,15,18H,2,5,8-14H2,1H3. The first-order chi connectivity index (χ1) is 11.1. The quantitative estimate of drug-likeness (QED) is 0.829. The van der Waals surface area contributed by atoms with Crippen LogP contribution in [0, 0.1) is 5.92 Å². The van der Waals surface area contributed by atoms with Gasteiger partial charge in [-0.05, 0) is 42.7 Å². The van der Waals surface area contributed by atoms with E-state index in [0.29, 0.717) is 19.8 Å². The maximum atomic E-state index is 13.0. The Morgan fingerprint density at radius 3 is 2.70 bits per heavy atom. The topological polar surface area (TPSA) is 46.6 Å². The van der Waals surface area contributed by atoms with Gasteiger partial charge in [0.1, 0.15) is 0 Å². The zero-order chi connectivity index (χ0) is 16.3. The molecule has 1 aromatic carbocycles. The molecule has 0 radical (unpaired) electrons. The van der Waals surface area contributed by atoms with Crippen LogP contribution in [0.3, 0.4) is 0 Å². The van der Waals surface area contributed by atoms with E-state index < -0.39 is 10.0 Å². The van der Waals surface area contributed by atoms with E-state index in [-0.39, 0.29) is 17.7 Å². The molecule has 0 amide bonds. The van der Waals surface area contributed by atoms with Crippen molar-refractivity contribution in [1.29, 1.82) is 0 Å². The Hall–Kier alpha value is -0.910. The fraction of sp³-hybridized carbons (Fsp3) is 0.667. The molecule has 4 nitrogen and oxygen atoms in total. The van der Waals surface area contributed by atoms with Gasteiger partial charge in [0.2, 0.25) is 10.0 Å². The van der Waals surface area contributed by atoms with Crippen LogP contribution in [-0.2, 0) is 21.2 Å². The number of benzene rings is 1. The molecule has 1 saturated heterocycles. The minimum absolute atomic E-state index is 0.00907. The molecule has 1 fully saturated rings. The SMILES string of the molecule is CCCC1c2ccccc2CCN1S(=O)(=O)CC1CCOCC1. The van der Waals surface area contributed by atoms with Gasteiger partial charge in [-0.2, -0.15) is 4.31 Å². The lowest BCUT2D eigenvalue weighted by Crippen LogP contribution is -2.43. The molecule has 0 spiro atoms. The minimum atomic E-state index is -3.22. The number of fused-ring (bicyclic) bond motifs is 1. The van der Waals surface area contributed by atoms with Crippen LogP contribution >= 0.6 is 0 Å². The molecule has 0 N–H and O–H groups in total. The maximum Gasteiger partial charge on any atom is 0.214 e. The Kier molecular flexibility index (Phi) is 5.39. The number of hydrogen-bond acceptors (Lipinski definition) is 3. The molecular formula is C18H27NO3S. The third-order valence-electron chi connectivity index (χ3n) is 5.07. The molecule has 0 bridgehead atoms. The van der Waals surface area contributed by atoms with Gasteiger partial charge in [-0.25, -0.2) is 8.42 Å². The number of ether oxygens (including phenoxy) is 1. The summed E-state index contributed by atoms with van der Waals surface area (Å²) in [6, 6.07) is 8.32. The summed E-state index contributed by atoms with van der Waals surface area (Å²) in [7, 11) is -3.22. The van der Waals surface area contributed by atoms with Crippen molar-refractivity contribution in [2.45, 2.75) is 45.1 Å². The molecule has 2 heterocycles. The number of nitrogens with zero attached hydrogens (tertiary/aromatic N) is 1. The smallest absolute Gasteiger partial charge is 0.214 e. The van der Waals surface area contributed by atoms with E-state index in [1.165, 1.54) is 11.1 Å². The van der Waals surface area contributed by atoms with Gasteiger partial charge < -0.3 is 4.74 Å². The van der Waals surface area contributed by atoms with E-state index in [4.69, 9.17) is 4.74 Å². The Morgan fingerprint density at radius 2 is 1.96 bits per heavy atom. The molecule has 0 aromatic heterocycles. The minimum Gasteiger partial charge on any atom is -0.381 e. The van der Waals surface area contributed by atoms with Gasteiger partial charge in [-0.1, -0.05) is 37.6 Å². The molecular weight excluding hydrogens is 310 g/mol. The van der Waals surface area contributed by atoms with Crippen molar-refractivity contribution in [3.05, 3.63) is 35.4 Å². The Bertz CT molecular complexity index is 623. The van der Waals surface area contributed by atoms with Gasteiger partial charge in [-0.15, -0.1) is 0 Å². The fourth-order valence-corrected chi connectivity index (χ4v) is 5.94. The number of hydrogen-bond donors (Lipinski definition) is 0. The van der Waals surface area contributed by atoms with E-state index in [2.05, 4.69) is 19.1 Å². The first-order valence-corrected chi connectivity index (χ1v) is 10.4. The molecule has 5 heteroatoms. The van der Waals surface area contributed by atoms with Gasteiger partial charge in [0, 0.05) is 25.8 Å². The van der Waals surface area contributed by atoms with Gasteiger partial charge in [0.15, 0.2) is 0 Å². The molecule has 1 atom stereocenters. The van der Waals surface area contributed by atoms with Crippen molar-refractivity contribution >= 4 is 10.0 Å². The van der Waals surface area contributed by atoms with Crippen LogP contribution in [-0.4, -0.2) is 38.2 Å². The van der Waals surface area contributed by atoms with Gasteiger partial charge >= 0.3 is 0 Å². The molecule has 1 aromatic rings. The Morgan fingerprint density at radius 1 is 1.22 bits per heavy atom. The molecule has 23 heavy (non-hydrogen) atoms. The van der Waals surface area contributed by atoms with Crippen LogP contribution in [0.1, 0.15) is 49.8 Å². The molecule has 128 valence electrons. The number of rotatable bonds is 5. The molecule has 1 unspecified atom stereocenters. The third kappa shape index (κ3) is 3.78. The monoisotopic (exact) mass is 337 g/mol. The molecule has 2 aliphatic heterocycles. The largest absolute Gasteiger partial charge is 0.381 e. The van der Waals surface area contributed by atoms with E-state index in [1.807, 2.05) is 12.1 Å². The summed E-state index contributed by atoms with van der Waals surface area (Å²) in [5.74, 6) is 0.520. The fourth-order valence-electron chi connectivity index (χ4n) is 3.84. The zero-order valence-corrected chi connectivity index (χ0v) is 14.7. The zero-order valence-electron chi connectivity index (χ0n) is 13.9. The first kappa shape index (κ1) is 16.9. The summed E-state index contributed by atoms with van der Waals surface area (Å²) in [6.07, 6.45) is 4.43.